The molecule has 1 aromatic rings. The van der Waals surface area contributed by atoms with Gasteiger partial charge in [-0.25, -0.2) is 4.98 Å². The number of nitriles is 1. The van der Waals surface area contributed by atoms with Crippen molar-refractivity contribution >= 4 is 5.69 Å². The topological polar surface area (TPSA) is 61.2 Å². The molecule has 0 atom stereocenters. The molecule has 2 rings (SSSR count). The largest absolute Gasteiger partial charge is 0.481 e. The Morgan fingerprint density at radius 1 is 1.56 bits per heavy atom. The summed E-state index contributed by atoms with van der Waals surface area (Å²) in [5.41, 5.74) is 1.04. The van der Waals surface area contributed by atoms with Crippen LogP contribution in [0.15, 0.2) is 18.3 Å². The highest BCUT2D eigenvalue weighted by Crippen LogP contribution is 2.18. The monoisotopic (exact) mass is 246 g/mol. The number of aromatic nitrogens is 1. The van der Waals surface area contributed by atoms with Gasteiger partial charge in [0.2, 0.25) is 5.88 Å². The number of nitrogens with zero attached hydrogens (tertiary/aromatic N) is 3. The molecule has 1 aromatic heterocycles. The summed E-state index contributed by atoms with van der Waals surface area (Å²) in [6, 6.07) is 6.52. The molecule has 2 heterocycles. The second-order valence-electron chi connectivity index (χ2n) is 4.44. The van der Waals surface area contributed by atoms with Crippen molar-refractivity contribution in [2.24, 2.45) is 0 Å². The number of methoxy groups -OCH3 is 1. The fourth-order valence-electron chi connectivity index (χ4n) is 2.18. The van der Waals surface area contributed by atoms with Crippen molar-refractivity contribution in [2.75, 3.05) is 32.1 Å². The molecule has 0 unspecified atom stereocenters. The Labute approximate surface area is 107 Å². The summed E-state index contributed by atoms with van der Waals surface area (Å²) in [6.07, 6.45) is 3.87. The molecule has 18 heavy (non-hydrogen) atoms. The Morgan fingerprint density at radius 2 is 2.33 bits per heavy atom. The van der Waals surface area contributed by atoms with E-state index in [9.17, 15) is 0 Å². The lowest BCUT2D eigenvalue weighted by atomic mass is 10.0. The highest BCUT2D eigenvalue weighted by Gasteiger charge is 2.18. The quantitative estimate of drug-likeness (QED) is 0.816. The highest BCUT2D eigenvalue weighted by atomic mass is 16.5. The normalized spacial score (nSPS) is 17.1. The number of piperidine rings is 1. The van der Waals surface area contributed by atoms with E-state index in [-0.39, 0.29) is 0 Å². The van der Waals surface area contributed by atoms with E-state index in [1.54, 1.807) is 13.3 Å². The zero-order valence-corrected chi connectivity index (χ0v) is 10.6. The molecule has 1 saturated heterocycles. The zero-order valence-electron chi connectivity index (χ0n) is 10.6. The molecule has 1 N–H and O–H groups in total. The van der Waals surface area contributed by atoms with Crippen LogP contribution in [0.4, 0.5) is 5.69 Å². The minimum Gasteiger partial charge on any atom is -0.481 e. The van der Waals surface area contributed by atoms with E-state index < -0.39 is 0 Å². The first-order chi connectivity index (χ1) is 8.81. The van der Waals surface area contributed by atoms with E-state index in [2.05, 4.69) is 21.3 Å². The van der Waals surface area contributed by atoms with Gasteiger partial charge < -0.3 is 10.1 Å². The van der Waals surface area contributed by atoms with Crippen molar-refractivity contribution in [3.8, 4) is 11.9 Å². The van der Waals surface area contributed by atoms with Gasteiger partial charge in [-0.15, -0.1) is 0 Å². The Morgan fingerprint density at radius 3 is 3.00 bits per heavy atom. The molecule has 0 spiro atoms. The number of rotatable bonds is 4. The lowest BCUT2D eigenvalue weighted by Gasteiger charge is -2.31. The van der Waals surface area contributed by atoms with Gasteiger partial charge in [0.1, 0.15) is 0 Å². The first-order valence-electron chi connectivity index (χ1n) is 6.17. The molecule has 0 aromatic carbocycles. The van der Waals surface area contributed by atoms with Crippen molar-refractivity contribution < 1.29 is 4.74 Å². The first kappa shape index (κ1) is 12.7. The highest BCUT2D eigenvalue weighted by molar-refractivity contribution is 5.45. The molecule has 1 aliphatic heterocycles. The van der Waals surface area contributed by atoms with E-state index in [0.717, 1.165) is 31.6 Å². The summed E-state index contributed by atoms with van der Waals surface area (Å²) < 4.78 is 5.10. The maximum atomic E-state index is 8.65. The van der Waals surface area contributed by atoms with Gasteiger partial charge in [0.15, 0.2) is 0 Å². The fourth-order valence-corrected chi connectivity index (χ4v) is 2.18. The number of hydrogen-bond donors (Lipinski definition) is 1. The number of likely N-dealkylation sites (tertiary alicyclic amines) is 1. The van der Waals surface area contributed by atoms with Crippen LogP contribution in [0.2, 0.25) is 0 Å². The molecule has 0 saturated carbocycles. The number of hydrogen-bond acceptors (Lipinski definition) is 5. The van der Waals surface area contributed by atoms with E-state index in [0.29, 0.717) is 18.5 Å². The van der Waals surface area contributed by atoms with Gasteiger partial charge in [-0.1, -0.05) is 0 Å². The van der Waals surface area contributed by atoms with Crippen LogP contribution in [0, 0.1) is 11.3 Å². The van der Waals surface area contributed by atoms with Gasteiger partial charge in [0.25, 0.3) is 0 Å². The molecular weight excluding hydrogens is 228 g/mol. The molecule has 0 bridgehead atoms. The summed E-state index contributed by atoms with van der Waals surface area (Å²) in [6.45, 7) is 2.50. The number of pyridine rings is 1. The van der Waals surface area contributed by atoms with Crippen LogP contribution in [0.1, 0.15) is 12.8 Å². The summed E-state index contributed by atoms with van der Waals surface area (Å²) in [5.74, 6) is 0.627. The predicted molar refractivity (Wildman–Crippen MR) is 69.5 cm³/mol. The van der Waals surface area contributed by atoms with E-state index >= 15 is 0 Å². The Balaban J connectivity index is 1.86. The fraction of sp³-hybridized carbons (Fsp3) is 0.538. The van der Waals surface area contributed by atoms with Crippen LogP contribution in [0.25, 0.3) is 0 Å². The smallest absolute Gasteiger partial charge is 0.214 e. The van der Waals surface area contributed by atoms with Crippen LogP contribution >= 0.6 is 0 Å². The maximum absolute atomic E-state index is 8.65. The van der Waals surface area contributed by atoms with Crippen molar-refractivity contribution in [3.05, 3.63) is 18.3 Å². The second kappa shape index (κ2) is 6.22. The number of nitrogens with one attached hydrogen (secondary N) is 1. The third-order valence-electron chi connectivity index (χ3n) is 3.20. The summed E-state index contributed by atoms with van der Waals surface area (Å²) in [5, 5.41) is 12.1. The van der Waals surface area contributed by atoms with Crippen molar-refractivity contribution in [1.82, 2.24) is 9.88 Å². The molecule has 0 amide bonds. The molecule has 96 valence electrons. The van der Waals surface area contributed by atoms with E-state index in [1.807, 2.05) is 12.1 Å². The molecule has 5 heteroatoms. The van der Waals surface area contributed by atoms with Gasteiger partial charge in [-0.05, 0) is 18.9 Å². The van der Waals surface area contributed by atoms with Crippen LogP contribution in [0.3, 0.4) is 0 Å². The lowest BCUT2D eigenvalue weighted by molar-refractivity contribution is 0.242. The SMILES string of the molecule is COc1cc(NC2CCN(CC#N)CC2)ccn1. The van der Waals surface area contributed by atoms with Crippen LogP contribution < -0.4 is 10.1 Å². The summed E-state index contributed by atoms with van der Waals surface area (Å²) >= 11 is 0. The molecule has 0 aliphatic carbocycles. The Bertz CT molecular complexity index is 421. The average Bonchev–Trinajstić information content (AvgIpc) is 2.42. The maximum Gasteiger partial charge on any atom is 0.214 e. The van der Waals surface area contributed by atoms with Gasteiger partial charge in [-0.2, -0.15) is 5.26 Å². The van der Waals surface area contributed by atoms with Gasteiger partial charge >= 0.3 is 0 Å². The van der Waals surface area contributed by atoms with Gasteiger partial charge in [-0.3, -0.25) is 4.90 Å². The third-order valence-corrected chi connectivity index (χ3v) is 3.20. The van der Waals surface area contributed by atoms with Crippen LogP contribution in [-0.2, 0) is 0 Å². The minimum absolute atomic E-state index is 0.465. The first-order valence-corrected chi connectivity index (χ1v) is 6.17. The minimum atomic E-state index is 0.465. The molecule has 1 aliphatic rings. The second-order valence-corrected chi connectivity index (χ2v) is 4.44. The van der Waals surface area contributed by atoms with E-state index in [4.69, 9.17) is 10.00 Å². The molecule has 0 radical (unpaired) electrons. The van der Waals surface area contributed by atoms with Crippen LogP contribution in [-0.4, -0.2) is 42.7 Å². The van der Waals surface area contributed by atoms with Crippen molar-refractivity contribution in [3.63, 3.8) is 0 Å². The summed E-state index contributed by atoms with van der Waals surface area (Å²) in [7, 11) is 1.62. The molecule has 1 fully saturated rings. The summed E-state index contributed by atoms with van der Waals surface area (Å²) in [4.78, 5) is 6.27. The van der Waals surface area contributed by atoms with Crippen LogP contribution in [0.5, 0.6) is 5.88 Å². The lowest BCUT2D eigenvalue weighted by Crippen LogP contribution is -2.39. The zero-order chi connectivity index (χ0) is 12.8. The van der Waals surface area contributed by atoms with Crippen molar-refractivity contribution in [2.45, 2.75) is 18.9 Å². The van der Waals surface area contributed by atoms with E-state index in [1.165, 1.54) is 0 Å². The Hall–Kier alpha value is -1.80. The van der Waals surface area contributed by atoms with Gasteiger partial charge in [0, 0.05) is 37.1 Å². The molecule has 5 nitrogen and oxygen atoms in total. The third kappa shape index (κ3) is 3.34. The number of ether oxygens (including phenoxy) is 1. The predicted octanol–water partition coefficient (Wildman–Crippen LogP) is 1.49. The number of anilines is 1. The van der Waals surface area contributed by atoms with Crippen molar-refractivity contribution in [1.29, 1.82) is 5.26 Å². The van der Waals surface area contributed by atoms with Gasteiger partial charge in [0.05, 0.1) is 19.7 Å². The average molecular weight is 246 g/mol. The molecular formula is C13H18N4O. The Kier molecular flexibility index (Phi) is 4.37. The standard InChI is InChI=1S/C13H18N4O/c1-18-13-10-12(2-6-15-13)16-11-3-7-17(8-4-11)9-5-14/h2,6,10-11H,3-4,7-9H2,1H3,(H,15,16).